The molecule has 6 heteroatoms. The Hall–Kier alpha value is -2.81. The first kappa shape index (κ1) is 13.6. The van der Waals surface area contributed by atoms with Crippen LogP contribution >= 0.6 is 0 Å². The number of pyridine rings is 1. The summed E-state index contributed by atoms with van der Waals surface area (Å²) >= 11 is 0. The van der Waals surface area contributed by atoms with E-state index >= 15 is 0 Å². The van der Waals surface area contributed by atoms with Crippen LogP contribution in [0.15, 0.2) is 30.6 Å². The zero-order chi connectivity index (χ0) is 14.5. The Bertz CT molecular complexity index is 651. The summed E-state index contributed by atoms with van der Waals surface area (Å²) in [4.78, 5) is 26.9. The number of rotatable bonds is 5. The van der Waals surface area contributed by atoms with E-state index < -0.39 is 17.9 Å². The summed E-state index contributed by atoms with van der Waals surface area (Å²) in [5, 5.41) is 11.3. The van der Waals surface area contributed by atoms with Gasteiger partial charge in [-0.05, 0) is 12.1 Å². The number of hydrogen-bond acceptors (Lipinski definition) is 3. The third kappa shape index (κ3) is 3.14. The lowest BCUT2D eigenvalue weighted by atomic mass is 10.2. The lowest BCUT2D eigenvalue weighted by molar-refractivity contribution is -0.141. The average Bonchev–Trinajstić information content (AvgIpc) is 2.79. The summed E-state index contributed by atoms with van der Waals surface area (Å²) in [5.74, 6) is 0.657. The molecule has 0 aliphatic heterocycles. The van der Waals surface area contributed by atoms with Crippen LogP contribution < -0.4 is 5.32 Å². The fourth-order valence-corrected chi connectivity index (χ4v) is 1.80. The Balaban J connectivity index is 2.04. The minimum absolute atomic E-state index is 0.00995. The molecule has 2 rings (SSSR count). The van der Waals surface area contributed by atoms with E-state index in [2.05, 4.69) is 16.2 Å². The van der Waals surface area contributed by atoms with Crippen molar-refractivity contribution in [2.75, 3.05) is 0 Å². The molecule has 102 valence electrons. The third-order valence-corrected chi connectivity index (χ3v) is 2.71. The van der Waals surface area contributed by atoms with E-state index in [0.717, 1.165) is 5.65 Å². The number of amides is 1. The lowest BCUT2D eigenvalue weighted by Gasteiger charge is -2.10. The van der Waals surface area contributed by atoms with Crippen LogP contribution in [0.5, 0.6) is 0 Å². The summed E-state index contributed by atoms with van der Waals surface area (Å²) in [6.07, 6.45) is 8.58. The van der Waals surface area contributed by atoms with Crippen molar-refractivity contribution in [3.05, 3.63) is 36.3 Å². The van der Waals surface area contributed by atoms with Crippen LogP contribution in [0, 0.1) is 12.3 Å². The largest absolute Gasteiger partial charge is 0.480 e. The summed E-state index contributed by atoms with van der Waals surface area (Å²) in [6.45, 7) is 0. The minimum atomic E-state index is -1.15. The van der Waals surface area contributed by atoms with E-state index in [1.807, 2.05) is 24.4 Å². The molecule has 0 saturated carbocycles. The number of terminal acetylenes is 1. The van der Waals surface area contributed by atoms with Crippen molar-refractivity contribution in [2.24, 2.45) is 0 Å². The smallest absolute Gasteiger partial charge is 0.327 e. The molecule has 2 N–H and O–H groups in total. The number of carboxylic acids is 1. The summed E-state index contributed by atoms with van der Waals surface area (Å²) in [6, 6.07) is 4.45. The third-order valence-electron chi connectivity index (χ3n) is 2.71. The van der Waals surface area contributed by atoms with Crippen LogP contribution in [0.2, 0.25) is 0 Å². The molecule has 0 aromatic carbocycles. The van der Waals surface area contributed by atoms with Gasteiger partial charge in [0.15, 0.2) is 0 Å². The van der Waals surface area contributed by atoms with E-state index in [9.17, 15) is 9.59 Å². The molecule has 1 unspecified atom stereocenters. The minimum Gasteiger partial charge on any atom is -0.480 e. The highest BCUT2D eigenvalue weighted by Crippen LogP contribution is 2.05. The van der Waals surface area contributed by atoms with Crippen LogP contribution in [-0.2, 0) is 16.0 Å². The predicted molar refractivity (Wildman–Crippen MR) is 71.9 cm³/mol. The normalized spacial score (nSPS) is 11.8. The fourth-order valence-electron chi connectivity index (χ4n) is 1.80. The van der Waals surface area contributed by atoms with Crippen molar-refractivity contribution in [2.45, 2.75) is 18.9 Å². The van der Waals surface area contributed by atoms with Crippen molar-refractivity contribution in [1.82, 2.24) is 14.7 Å². The quantitative estimate of drug-likeness (QED) is 0.774. The molecule has 0 fully saturated rings. The van der Waals surface area contributed by atoms with Gasteiger partial charge >= 0.3 is 5.97 Å². The second-order valence-electron chi connectivity index (χ2n) is 4.24. The molecule has 0 aliphatic rings. The average molecular weight is 271 g/mol. The van der Waals surface area contributed by atoms with Gasteiger partial charge in [0, 0.05) is 18.8 Å². The Kier molecular flexibility index (Phi) is 4.01. The van der Waals surface area contributed by atoms with Gasteiger partial charge in [0.1, 0.15) is 11.7 Å². The van der Waals surface area contributed by atoms with E-state index in [4.69, 9.17) is 11.5 Å². The van der Waals surface area contributed by atoms with Crippen molar-refractivity contribution in [3.8, 4) is 12.3 Å². The molecule has 0 spiro atoms. The molecule has 0 saturated heterocycles. The number of fused-ring (bicyclic) bond motifs is 1. The van der Waals surface area contributed by atoms with Crippen LogP contribution in [0.3, 0.4) is 0 Å². The van der Waals surface area contributed by atoms with Gasteiger partial charge in [-0.1, -0.05) is 6.07 Å². The van der Waals surface area contributed by atoms with E-state index in [0.29, 0.717) is 5.69 Å². The molecule has 2 heterocycles. The lowest BCUT2D eigenvalue weighted by Crippen LogP contribution is -2.41. The Morgan fingerprint density at radius 1 is 1.50 bits per heavy atom. The monoisotopic (exact) mass is 271 g/mol. The van der Waals surface area contributed by atoms with Crippen LogP contribution in [0.4, 0.5) is 0 Å². The van der Waals surface area contributed by atoms with Gasteiger partial charge in [-0.3, -0.25) is 4.79 Å². The standard InChI is InChI=1S/C14H13N3O3/c1-2-5-11(14(19)20)16-13(18)8-10-9-17-7-4-3-6-12(17)15-10/h1,3-4,6-7,9,11H,5,8H2,(H,16,18)(H,19,20). The molecule has 6 nitrogen and oxygen atoms in total. The van der Waals surface area contributed by atoms with Crippen LogP contribution in [0.25, 0.3) is 5.65 Å². The second-order valence-corrected chi connectivity index (χ2v) is 4.24. The van der Waals surface area contributed by atoms with Gasteiger partial charge in [0.05, 0.1) is 12.1 Å². The zero-order valence-electron chi connectivity index (χ0n) is 10.6. The van der Waals surface area contributed by atoms with Gasteiger partial charge in [-0.25, -0.2) is 9.78 Å². The molecule has 2 aromatic heterocycles. The summed E-state index contributed by atoms with van der Waals surface area (Å²) in [5.41, 5.74) is 1.30. The molecular formula is C14H13N3O3. The maximum Gasteiger partial charge on any atom is 0.327 e. The first-order valence-electron chi connectivity index (χ1n) is 5.98. The molecule has 2 aromatic rings. The number of carbonyl (C=O) groups is 2. The highest BCUT2D eigenvalue weighted by molar-refractivity contribution is 5.84. The molecule has 0 bridgehead atoms. The molecule has 1 amide bonds. The van der Waals surface area contributed by atoms with Gasteiger partial charge in [0.25, 0.3) is 0 Å². The van der Waals surface area contributed by atoms with Gasteiger partial charge in [0.2, 0.25) is 5.91 Å². The number of nitrogens with zero attached hydrogens (tertiary/aromatic N) is 2. The molecular weight excluding hydrogens is 258 g/mol. The van der Waals surface area contributed by atoms with Gasteiger partial charge in [-0.15, -0.1) is 12.3 Å². The van der Waals surface area contributed by atoms with Gasteiger partial charge < -0.3 is 14.8 Å². The van der Waals surface area contributed by atoms with E-state index in [-0.39, 0.29) is 12.8 Å². The summed E-state index contributed by atoms with van der Waals surface area (Å²) in [7, 11) is 0. The Morgan fingerprint density at radius 3 is 2.95 bits per heavy atom. The molecule has 20 heavy (non-hydrogen) atoms. The molecule has 0 aliphatic carbocycles. The van der Waals surface area contributed by atoms with Crippen molar-refractivity contribution in [3.63, 3.8) is 0 Å². The maximum atomic E-state index is 11.8. The van der Waals surface area contributed by atoms with Crippen LogP contribution in [0.1, 0.15) is 12.1 Å². The number of imidazole rings is 1. The SMILES string of the molecule is C#CCC(NC(=O)Cc1cn2ccccc2n1)C(=O)O. The van der Waals surface area contributed by atoms with Crippen LogP contribution in [-0.4, -0.2) is 32.4 Å². The number of hydrogen-bond donors (Lipinski definition) is 2. The number of nitrogens with one attached hydrogen (secondary N) is 1. The van der Waals surface area contributed by atoms with Gasteiger partial charge in [-0.2, -0.15) is 0 Å². The highest BCUT2D eigenvalue weighted by Gasteiger charge is 2.19. The summed E-state index contributed by atoms with van der Waals surface area (Å²) < 4.78 is 1.79. The number of carboxylic acid groups (broad SMARTS) is 1. The number of aliphatic carboxylic acids is 1. The van der Waals surface area contributed by atoms with Crippen molar-refractivity contribution in [1.29, 1.82) is 0 Å². The molecule has 1 atom stereocenters. The highest BCUT2D eigenvalue weighted by atomic mass is 16.4. The Labute approximate surface area is 115 Å². The number of carbonyl (C=O) groups excluding carboxylic acids is 1. The molecule has 0 radical (unpaired) electrons. The topological polar surface area (TPSA) is 83.7 Å². The van der Waals surface area contributed by atoms with E-state index in [1.54, 1.807) is 10.6 Å². The zero-order valence-corrected chi connectivity index (χ0v) is 10.6. The van der Waals surface area contributed by atoms with Crippen molar-refractivity contribution >= 4 is 17.5 Å². The van der Waals surface area contributed by atoms with Crippen molar-refractivity contribution < 1.29 is 14.7 Å². The Morgan fingerprint density at radius 2 is 2.30 bits per heavy atom. The van der Waals surface area contributed by atoms with E-state index in [1.165, 1.54) is 0 Å². The first-order chi connectivity index (χ1) is 9.60. The maximum absolute atomic E-state index is 11.8. The predicted octanol–water partition coefficient (Wildman–Crippen LogP) is 0.469. The number of aromatic nitrogens is 2. The first-order valence-corrected chi connectivity index (χ1v) is 5.98. The second kappa shape index (κ2) is 5.89. The fraction of sp³-hybridized carbons (Fsp3) is 0.214.